The lowest BCUT2D eigenvalue weighted by Gasteiger charge is -2.07. The predicted molar refractivity (Wildman–Crippen MR) is 86.5 cm³/mol. The van der Waals surface area contributed by atoms with Crippen LogP contribution in [0.1, 0.15) is 15.4 Å². The Labute approximate surface area is 140 Å². The Morgan fingerprint density at radius 1 is 1.48 bits per heavy atom. The van der Waals surface area contributed by atoms with Gasteiger partial charge in [0, 0.05) is 10.8 Å². The van der Waals surface area contributed by atoms with Crippen molar-refractivity contribution in [3.05, 3.63) is 38.8 Å². The summed E-state index contributed by atoms with van der Waals surface area (Å²) in [5.74, 6) is 0.273. The van der Waals surface area contributed by atoms with Gasteiger partial charge in [0.2, 0.25) is 0 Å². The third-order valence-electron chi connectivity index (χ3n) is 2.43. The van der Waals surface area contributed by atoms with E-state index in [1.165, 1.54) is 23.1 Å². The Morgan fingerprint density at radius 3 is 2.86 bits per heavy atom. The summed E-state index contributed by atoms with van der Waals surface area (Å²) < 4.78 is 6.27. The maximum absolute atomic E-state index is 10.9. The van der Waals surface area contributed by atoms with Crippen molar-refractivity contribution >= 4 is 52.3 Å². The normalized spacial score (nSPS) is 10.6. The maximum atomic E-state index is 10.9. The maximum Gasteiger partial charge on any atom is 0.347 e. The van der Waals surface area contributed by atoms with E-state index in [0.717, 1.165) is 4.34 Å². The Hall–Kier alpha value is -0.950. The van der Waals surface area contributed by atoms with Gasteiger partial charge in [-0.2, -0.15) is 0 Å². The first-order valence-electron chi connectivity index (χ1n) is 5.88. The second-order valence-corrected chi connectivity index (χ2v) is 7.16. The van der Waals surface area contributed by atoms with Crippen molar-refractivity contribution in [2.24, 2.45) is 0 Å². The van der Waals surface area contributed by atoms with Gasteiger partial charge >= 0.3 is 5.97 Å². The molecule has 0 bridgehead atoms. The van der Waals surface area contributed by atoms with Crippen LogP contribution in [0, 0.1) is 6.92 Å². The molecule has 112 valence electrons. The number of halogens is 2. The van der Waals surface area contributed by atoms with Crippen LogP contribution in [-0.4, -0.2) is 28.4 Å². The number of thiazole rings is 1. The molecule has 0 spiro atoms. The third-order valence-corrected chi connectivity index (χ3v) is 5.21. The molecular formula is C13H11Cl2NO3S2. The molecule has 1 heterocycles. The van der Waals surface area contributed by atoms with Crippen LogP contribution in [0.4, 0.5) is 0 Å². The van der Waals surface area contributed by atoms with Crippen molar-refractivity contribution in [3.63, 3.8) is 0 Å². The van der Waals surface area contributed by atoms with Crippen molar-refractivity contribution in [2.45, 2.75) is 11.3 Å². The zero-order valence-corrected chi connectivity index (χ0v) is 14.1. The summed E-state index contributed by atoms with van der Waals surface area (Å²) in [6.45, 7) is 2.13. The summed E-state index contributed by atoms with van der Waals surface area (Å²) in [5.41, 5.74) is 0.539. The summed E-state index contributed by atoms with van der Waals surface area (Å²) in [7, 11) is 0. The fourth-order valence-electron chi connectivity index (χ4n) is 1.50. The van der Waals surface area contributed by atoms with Crippen LogP contribution in [0.25, 0.3) is 0 Å². The van der Waals surface area contributed by atoms with Gasteiger partial charge in [-0.25, -0.2) is 9.78 Å². The van der Waals surface area contributed by atoms with E-state index in [4.69, 9.17) is 33.0 Å². The number of ether oxygens (including phenoxy) is 1. The highest BCUT2D eigenvalue weighted by molar-refractivity contribution is 8.01. The van der Waals surface area contributed by atoms with Crippen LogP contribution in [0.3, 0.4) is 0 Å². The molecule has 1 aromatic heterocycles. The van der Waals surface area contributed by atoms with Crippen LogP contribution < -0.4 is 4.74 Å². The topological polar surface area (TPSA) is 59.4 Å². The quantitative estimate of drug-likeness (QED) is 0.598. The van der Waals surface area contributed by atoms with Gasteiger partial charge in [-0.15, -0.1) is 11.3 Å². The lowest BCUT2D eigenvalue weighted by molar-refractivity contribution is 0.0701. The highest BCUT2D eigenvalue weighted by Crippen LogP contribution is 2.29. The molecule has 21 heavy (non-hydrogen) atoms. The molecule has 0 saturated heterocycles. The standard InChI is InChI=1S/C13H11Cl2NO3S2/c1-7-11(12(17)18)21-13(16-7)20-5-4-19-10-3-2-8(14)6-9(10)15/h2-3,6H,4-5H2,1H3,(H,17,18). The molecule has 0 aliphatic carbocycles. The average Bonchev–Trinajstić information content (AvgIpc) is 2.78. The first kappa shape index (κ1) is 16.4. The molecule has 0 fully saturated rings. The van der Waals surface area contributed by atoms with Crippen LogP contribution in [-0.2, 0) is 0 Å². The van der Waals surface area contributed by atoms with Gasteiger partial charge in [0.25, 0.3) is 0 Å². The predicted octanol–water partition coefficient (Wildman–Crippen LogP) is 4.63. The van der Waals surface area contributed by atoms with Gasteiger partial charge < -0.3 is 9.84 Å². The van der Waals surface area contributed by atoms with Gasteiger partial charge in [0.05, 0.1) is 17.3 Å². The van der Waals surface area contributed by atoms with E-state index in [2.05, 4.69) is 4.98 Å². The zero-order chi connectivity index (χ0) is 15.4. The molecular weight excluding hydrogens is 353 g/mol. The van der Waals surface area contributed by atoms with Crippen LogP contribution in [0.2, 0.25) is 10.0 Å². The van der Waals surface area contributed by atoms with E-state index < -0.39 is 5.97 Å². The molecule has 2 rings (SSSR count). The molecule has 1 aromatic carbocycles. The van der Waals surface area contributed by atoms with Crippen molar-refractivity contribution in [1.29, 1.82) is 0 Å². The summed E-state index contributed by atoms with van der Waals surface area (Å²) >= 11 is 14.4. The number of rotatable bonds is 6. The molecule has 0 aliphatic heterocycles. The average molecular weight is 364 g/mol. The van der Waals surface area contributed by atoms with Crippen molar-refractivity contribution in [2.75, 3.05) is 12.4 Å². The van der Waals surface area contributed by atoms with E-state index in [9.17, 15) is 4.79 Å². The minimum atomic E-state index is -0.943. The highest BCUT2D eigenvalue weighted by atomic mass is 35.5. The monoisotopic (exact) mass is 363 g/mol. The highest BCUT2D eigenvalue weighted by Gasteiger charge is 2.14. The van der Waals surface area contributed by atoms with Crippen LogP contribution in [0.5, 0.6) is 5.75 Å². The number of carboxylic acids is 1. The Kier molecular flexibility index (Phi) is 5.75. The van der Waals surface area contributed by atoms with Gasteiger partial charge in [0.15, 0.2) is 4.34 Å². The lowest BCUT2D eigenvalue weighted by atomic mass is 10.3. The number of aryl methyl sites for hydroxylation is 1. The van der Waals surface area contributed by atoms with E-state index in [1.807, 2.05) is 0 Å². The molecule has 1 N–H and O–H groups in total. The number of benzene rings is 1. The number of carboxylic acid groups (broad SMARTS) is 1. The molecule has 0 unspecified atom stereocenters. The number of aromatic carboxylic acids is 1. The van der Waals surface area contributed by atoms with Crippen molar-refractivity contribution in [3.8, 4) is 5.75 Å². The number of hydrogen-bond acceptors (Lipinski definition) is 5. The Bertz CT molecular complexity index is 661. The number of aromatic nitrogens is 1. The Balaban J connectivity index is 1.84. The molecule has 0 atom stereocenters. The third kappa shape index (κ3) is 4.51. The number of thioether (sulfide) groups is 1. The minimum Gasteiger partial charge on any atom is -0.491 e. The lowest BCUT2D eigenvalue weighted by Crippen LogP contribution is -2.00. The molecule has 0 saturated carbocycles. The fraction of sp³-hybridized carbons (Fsp3) is 0.231. The largest absolute Gasteiger partial charge is 0.491 e. The van der Waals surface area contributed by atoms with Gasteiger partial charge in [-0.3, -0.25) is 0 Å². The smallest absolute Gasteiger partial charge is 0.347 e. The molecule has 0 amide bonds. The summed E-state index contributed by atoms with van der Waals surface area (Å²) in [6.07, 6.45) is 0. The fourth-order valence-corrected chi connectivity index (χ4v) is 3.88. The van der Waals surface area contributed by atoms with E-state index in [-0.39, 0.29) is 4.88 Å². The summed E-state index contributed by atoms with van der Waals surface area (Å²) in [4.78, 5) is 15.4. The van der Waals surface area contributed by atoms with E-state index in [1.54, 1.807) is 25.1 Å². The summed E-state index contributed by atoms with van der Waals surface area (Å²) in [6, 6.07) is 5.04. The SMILES string of the molecule is Cc1nc(SCCOc2ccc(Cl)cc2Cl)sc1C(=O)O. The van der Waals surface area contributed by atoms with Crippen molar-refractivity contribution in [1.82, 2.24) is 4.98 Å². The first-order chi connectivity index (χ1) is 9.97. The molecule has 8 heteroatoms. The number of carbonyl (C=O) groups is 1. The van der Waals surface area contributed by atoms with E-state index >= 15 is 0 Å². The van der Waals surface area contributed by atoms with Gasteiger partial charge in [-0.05, 0) is 25.1 Å². The molecule has 0 radical (unpaired) electrons. The first-order valence-corrected chi connectivity index (χ1v) is 8.44. The van der Waals surface area contributed by atoms with Crippen LogP contribution in [0.15, 0.2) is 22.5 Å². The second-order valence-electron chi connectivity index (χ2n) is 3.97. The Morgan fingerprint density at radius 2 is 2.24 bits per heavy atom. The van der Waals surface area contributed by atoms with Gasteiger partial charge in [-0.1, -0.05) is 35.0 Å². The number of nitrogens with zero attached hydrogens (tertiary/aromatic N) is 1. The molecule has 0 aliphatic rings. The second kappa shape index (κ2) is 7.35. The van der Waals surface area contributed by atoms with E-state index in [0.29, 0.717) is 33.8 Å². The summed E-state index contributed by atoms with van der Waals surface area (Å²) in [5, 5.41) is 9.98. The minimum absolute atomic E-state index is 0.277. The molecule has 4 nitrogen and oxygen atoms in total. The number of hydrogen-bond donors (Lipinski definition) is 1. The zero-order valence-electron chi connectivity index (χ0n) is 10.9. The van der Waals surface area contributed by atoms with Crippen molar-refractivity contribution < 1.29 is 14.6 Å². The van der Waals surface area contributed by atoms with Gasteiger partial charge in [0.1, 0.15) is 10.6 Å². The molecule has 2 aromatic rings. The van der Waals surface area contributed by atoms with Crippen LogP contribution >= 0.6 is 46.3 Å².